The van der Waals surface area contributed by atoms with E-state index < -0.39 is 51.2 Å². The number of hydrogen-bond donors (Lipinski definition) is 4. The van der Waals surface area contributed by atoms with Crippen LogP contribution in [0, 0.1) is 0 Å². The molecule has 0 fully saturated rings. The molecule has 0 amide bonds. The molecule has 0 aliphatic heterocycles. The van der Waals surface area contributed by atoms with Crippen molar-refractivity contribution in [2.45, 2.75) is 35.9 Å². The normalized spacial score (nSPS) is 25.2. The molecule has 0 saturated heterocycles. The molecule has 0 bridgehead atoms. The van der Waals surface area contributed by atoms with Crippen LogP contribution in [-0.2, 0) is 22.2 Å². The van der Waals surface area contributed by atoms with Crippen molar-refractivity contribution in [3.8, 4) is 0 Å². The highest BCUT2D eigenvalue weighted by Crippen LogP contribution is 2.13. The van der Waals surface area contributed by atoms with E-state index in [1.54, 1.807) is 0 Å². The van der Waals surface area contributed by atoms with Crippen LogP contribution in [0.2, 0.25) is 0 Å². The Labute approximate surface area is 96.5 Å². The van der Waals surface area contributed by atoms with Gasteiger partial charge in [0.2, 0.25) is 0 Å². The molecular formula is C6H12O8S2-2. The molecule has 0 aromatic heterocycles. The lowest BCUT2D eigenvalue weighted by Crippen LogP contribution is -2.50. The van der Waals surface area contributed by atoms with E-state index in [9.17, 15) is 27.7 Å². The highest BCUT2D eigenvalue weighted by Gasteiger charge is 2.34. The van der Waals surface area contributed by atoms with Gasteiger partial charge in [0.15, 0.2) is 0 Å². The van der Waals surface area contributed by atoms with Crippen LogP contribution < -0.4 is 0 Å². The number of aliphatic hydroxyl groups is 4. The lowest BCUT2D eigenvalue weighted by molar-refractivity contribution is -0.0961. The number of aliphatic hydroxyl groups excluding tert-OH is 4. The molecule has 0 heterocycles. The molecule has 0 saturated carbocycles. The van der Waals surface area contributed by atoms with Crippen molar-refractivity contribution < 1.29 is 37.9 Å². The van der Waals surface area contributed by atoms with E-state index in [2.05, 4.69) is 0 Å². The zero-order valence-electron chi connectivity index (χ0n) is 8.13. The fourth-order valence-electron chi connectivity index (χ4n) is 0.940. The summed E-state index contributed by atoms with van der Waals surface area (Å²) in [5.41, 5.74) is 0. The first kappa shape index (κ1) is 16.1. The van der Waals surface area contributed by atoms with Gasteiger partial charge in [-0.15, -0.1) is 0 Å². The van der Waals surface area contributed by atoms with Gasteiger partial charge < -0.3 is 29.5 Å². The quantitative estimate of drug-likeness (QED) is 0.364. The monoisotopic (exact) mass is 276 g/mol. The van der Waals surface area contributed by atoms with Crippen molar-refractivity contribution in [3.63, 3.8) is 0 Å². The highest BCUT2D eigenvalue weighted by molar-refractivity contribution is 7.97. The van der Waals surface area contributed by atoms with Crippen LogP contribution >= 0.6 is 0 Å². The van der Waals surface area contributed by atoms with E-state index in [0.29, 0.717) is 0 Å². The van der Waals surface area contributed by atoms with Crippen LogP contribution in [-0.4, -0.2) is 66.9 Å². The Morgan fingerprint density at radius 2 is 1.25 bits per heavy atom. The van der Waals surface area contributed by atoms with Gasteiger partial charge in [-0.05, 0) is 29.1 Å². The second-order valence-electron chi connectivity index (χ2n) is 3.10. The van der Waals surface area contributed by atoms with Crippen LogP contribution in [0.1, 0.15) is 6.92 Å². The SMILES string of the molecule is C[C@H](O)[C@H](O)[C@@H](O)[C@@H](O)C(S(=O)[O-])S(=O)[O-]. The minimum atomic E-state index is -3.18. The standard InChI is InChI=1S/C6H14O8S2/c1-2(7)3(8)4(9)5(10)6(15(11)12)16(13)14/h2-10H,1H3,(H,11,12)(H,13,14)/p-2/t2-,3-,4+,5+/m0/s1. The van der Waals surface area contributed by atoms with E-state index in [1.807, 2.05) is 0 Å². The molecule has 6 atom stereocenters. The molecule has 16 heavy (non-hydrogen) atoms. The Balaban J connectivity index is 4.80. The van der Waals surface area contributed by atoms with E-state index in [0.717, 1.165) is 6.92 Å². The molecule has 0 rings (SSSR count). The molecule has 0 spiro atoms. The van der Waals surface area contributed by atoms with Gasteiger partial charge in [0.1, 0.15) is 22.9 Å². The predicted octanol–water partition coefficient (Wildman–Crippen LogP) is -3.47. The first-order valence-electron chi connectivity index (χ1n) is 4.08. The van der Waals surface area contributed by atoms with Gasteiger partial charge in [0, 0.05) is 0 Å². The molecule has 8 nitrogen and oxygen atoms in total. The van der Waals surface area contributed by atoms with Gasteiger partial charge in [-0.3, -0.25) is 8.42 Å². The zero-order valence-corrected chi connectivity index (χ0v) is 9.76. The maximum atomic E-state index is 10.5. The third kappa shape index (κ3) is 4.14. The third-order valence-electron chi connectivity index (χ3n) is 1.85. The van der Waals surface area contributed by atoms with E-state index in [-0.39, 0.29) is 0 Å². The maximum Gasteiger partial charge on any atom is 0.112 e. The Hall–Kier alpha value is 0.0600. The molecule has 98 valence electrons. The van der Waals surface area contributed by atoms with Gasteiger partial charge in [-0.1, -0.05) is 0 Å². The fraction of sp³-hybridized carbons (Fsp3) is 1.00. The van der Waals surface area contributed by atoms with Crippen molar-refractivity contribution >= 4 is 22.2 Å². The van der Waals surface area contributed by atoms with Crippen LogP contribution in [0.15, 0.2) is 0 Å². The van der Waals surface area contributed by atoms with Gasteiger partial charge in [0.05, 0.1) is 6.10 Å². The molecule has 0 aliphatic carbocycles. The van der Waals surface area contributed by atoms with Crippen molar-refractivity contribution in [1.29, 1.82) is 0 Å². The lowest BCUT2D eigenvalue weighted by atomic mass is 10.1. The van der Waals surface area contributed by atoms with Crippen LogP contribution in [0.5, 0.6) is 0 Å². The first-order valence-corrected chi connectivity index (χ1v) is 6.36. The molecule has 2 unspecified atom stereocenters. The Kier molecular flexibility index (Phi) is 6.74. The van der Waals surface area contributed by atoms with E-state index >= 15 is 0 Å². The smallest absolute Gasteiger partial charge is 0.112 e. The summed E-state index contributed by atoms with van der Waals surface area (Å²) >= 11 is -6.36. The molecule has 0 radical (unpaired) electrons. The van der Waals surface area contributed by atoms with Crippen LogP contribution in [0.3, 0.4) is 0 Å². The predicted molar refractivity (Wildman–Crippen MR) is 51.3 cm³/mol. The summed E-state index contributed by atoms with van der Waals surface area (Å²) in [4.78, 5) is 0. The summed E-state index contributed by atoms with van der Waals surface area (Å²) in [6.45, 7) is 1.08. The lowest BCUT2D eigenvalue weighted by Gasteiger charge is -2.32. The summed E-state index contributed by atoms with van der Waals surface area (Å²) in [6, 6.07) is 0. The minimum absolute atomic E-state index is 1.08. The molecule has 4 N–H and O–H groups in total. The van der Waals surface area contributed by atoms with Crippen molar-refractivity contribution in [3.05, 3.63) is 0 Å². The molecule has 0 aromatic rings. The summed E-state index contributed by atoms with van der Waals surface area (Å²) in [7, 11) is 0. The summed E-state index contributed by atoms with van der Waals surface area (Å²) in [6.07, 6.45) is -7.66. The van der Waals surface area contributed by atoms with Gasteiger partial charge >= 0.3 is 0 Å². The Bertz CT molecular complexity index is 255. The summed E-state index contributed by atoms with van der Waals surface area (Å²) in [5, 5.41) is 36.4. The third-order valence-corrected chi connectivity index (χ3v) is 4.11. The maximum absolute atomic E-state index is 10.5. The van der Waals surface area contributed by atoms with Crippen molar-refractivity contribution in [2.75, 3.05) is 0 Å². The van der Waals surface area contributed by atoms with Gasteiger partial charge in [-0.2, -0.15) is 0 Å². The van der Waals surface area contributed by atoms with Gasteiger partial charge in [-0.25, -0.2) is 0 Å². The second kappa shape index (κ2) is 6.71. The first-order chi connectivity index (χ1) is 7.20. The van der Waals surface area contributed by atoms with Crippen LogP contribution in [0.25, 0.3) is 0 Å². The highest BCUT2D eigenvalue weighted by atomic mass is 32.3. The zero-order chi connectivity index (χ0) is 13.0. The van der Waals surface area contributed by atoms with Crippen molar-refractivity contribution in [1.82, 2.24) is 0 Å². The molecular weight excluding hydrogens is 264 g/mol. The van der Waals surface area contributed by atoms with Crippen molar-refractivity contribution in [2.24, 2.45) is 0 Å². The summed E-state index contributed by atoms with van der Waals surface area (Å²) < 4.78 is 39.6. The van der Waals surface area contributed by atoms with Crippen LogP contribution in [0.4, 0.5) is 0 Å². The molecule has 0 aromatic carbocycles. The fourth-order valence-corrected chi connectivity index (χ4v) is 2.23. The van der Waals surface area contributed by atoms with E-state index in [4.69, 9.17) is 10.2 Å². The topological polar surface area (TPSA) is 161 Å². The van der Waals surface area contributed by atoms with Gasteiger partial charge in [0.25, 0.3) is 0 Å². The van der Waals surface area contributed by atoms with E-state index in [1.165, 1.54) is 0 Å². The molecule has 10 heteroatoms. The molecule has 0 aliphatic rings. The summed E-state index contributed by atoms with van der Waals surface area (Å²) in [5.74, 6) is 0. The number of hydrogen-bond acceptors (Lipinski definition) is 8. The average molecular weight is 276 g/mol. The second-order valence-corrected chi connectivity index (χ2v) is 5.46. The Morgan fingerprint density at radius 3 is 1.50 bits per heavy atom. The minimum Gasteiger partial charge on any atom is -0.771 e. The average Bonchev–Trinajstić information content (AvgIpc) is 2.13. The largest absolute Gasteiger partial charge is 0.771 e. The Morgan fingerprint density at radius 1 is 0.875 bits per heavy atom. The number of rotatable bonds is 6.